The van der Waals surface area contributed by atoms with E-state index in [4.69, 9.17) is 14.3 Å². The Morgan fingerprint density at radius 1 is 1.52 bits per heavy atom. The van der Waals surface area contributed by atoms with Crippen LogP contribution in [-0.2, 0) is 23.9 Å². The Labute approximate surface area is 149 Å². The quantitative estimate of drug-likeness (QED) is 0.381. The molecule has 3 aliphatic rings. The number of β-lactam (4-membered cyclic amide) rings is 1. The predicted molar refractivity (Wildman–Crippen MR) is 90.0 cm³/mol. The Bertz CT molecular complexity index is 643. The fraction of sp³-hybridized carbons (Fsp3) is 0.667. The monoisotopic (exact) mass is 371 g/mol. The Kier molecular flexibility index (Phi) is 5.05. The number of thioether (sulfide) groups is 1. The summed E-state index contributed by atoms with van der Waals surface area (Å²) in [4.78, 5) is 30.1. The van der Waals surface area contributed by atoms with Gasteiger partial charge in [0.2, 0.25) is 11.7 Å². The molecule has 25 heavy (non-hydrogen) atoms. The molecule has 3 aliphatic heterocycles. The molecule has 0 saturated carbocycles. The number of nitrogens with zero attached hydrogens (tertiary/aromatic N) is 2. The van der Waals surface area contributed by atoms with E-state index in [1.54, 1.807) is 13.8 Å². The number of hydrogen-bond acceptors (Lipinski definition) is 8. The molecular formula is C15H21N3O6S. The van der Waals surface area contributed by atoms with Crippen molar-refractivity contribution in [1.82, 2.24) is 10.2 Å². The zero-order chi connectivity index (χ0) is 18.2. The molecule has 0 aromatic rings. The molecule has 2 atom stereocenters. The average molecular weight is 371 g/mol. The van der Waals surface area contributed by atoms with E-state index in [9.17, 15) is 14.7 Å². The third-order valence-corrected chi connectivity index (χ3v) is 5.84. The van der Waals surface area contributed by atoms with Crippen molar-refractivity contribution >= 4 is 29.4 Å². The first-order chi connectivity index (χ1) is 11.9. The van der Waals surface area contributed by atoms with E-state index in [1.807, 2.05) is 0 Å². The number of oxime groups is 1. The van der Waals surface area contributed by atoms with E-state index in [2.05, 4.69) is 10.5 Å². The van der Waals surface area contributed by atoms with Crippen LogP contribution in [0.4, 0.5) is 0 Å². The highest BCUT2D eigenvalue weighted by Gasteiger charge is 2.53. The van der Waals surface area contributed by atoms with Crippen LogP contribution >= 0.6 is 11.8 Å². The standard InChI is InChI=1S/C15H21N3O6S/c1-8-7-25-13-10(12(19)18(13)11(8)14(20)21)16-6-9(17-22-3)15(2)23-4-5-24-15/h10,13,16H,4-7H2,1-3H3,(H,20,21)/b17-9-/t10?,13-/m1/s1. The van der Waals surface area contributed by atoms with Crippen LogP contribution in [0.25, 0.3) is 0 Å². The van der Waals surface area contributed by atoms with E-state index in [-0.39, 0.29) is 23.5 Å². The molecule has 3 rings (SSSR count). The molecule has 0 radical (unpaired) electrons. The van der Waals surface area contributed by atoms with Crippen molar-refractivity contribution in [3.63, 3.8) is 0 Å². The second-order valence-electron chi connectivity index (χ2n) is 6.07. The minimum absolute atomic E-state index is 0.0898. The molecule has 1 unspecified atom stereocenters. The Morgan fingerprint density at radius 3 is 2.80 bits per heavy atom. The Hall–Kier alpha value is -1.62. The van der Waals surface area contributed by atoms with E-state index in [0.717, 1.165) is 0 Å². The maximum Gasteiger partial charge on any atom is 0.352 e. The molecule has 10 heteroatoms. The number of amides is 1. The van der Waals surface area contributed by atoms with Gasteiger partial charge in [-0.15, -0.1) is 11.8 Å². The molecule has 0 aromatic carbocycles. The number of carbonyl (C=O) groups excluding carboxylic acids is 1. The number of carboxylic acids is 1. The van der Waals surface area contributed by atoms with Crippen molar-refractivity contribution in [2.75, 3.05) is 32.6 Å². The van der Waals surface area contributed by atoms with Crippen LogP contribution in [0.5, 0.6) is 0 Å². The van der Waals surface area contributed by atoms with Gasteiger partial charge in [0.05, 0.1) is 13.2 Å². The second kappa shape index (κ2) is 6.94. The fourth-order valence-corrected chi connectivity index (χ4v) is 4.43. The third kappa shape index (κ3) is 3.14. The van der Waals surface area contributed by atoms with Gasteiger partial charge in [0.15, 0.2) is 0 Å². The first-order valence-corrected chi connectivity index (χ1v) is 8.93. The van der Waals surface area contributed by atoms with Gasteiger partial charge in [-0.1, -0.05) is 5.16 Å². The first kappa shape index (κ1) is 18.2. The summed E-state index contributed by atoms with van der Waals surface area (Å²) in [5, 5.41) is 16.2. The summed E-state index contributed by atoms with van der Waals surface area (Å²) in [5.74, 6) is -1.74. The van der Waals surface area contributed by atoms with E-state index in [1.165, 1.54) is 23.8 Å². The summed E-state index contributed by atoms with van der Waals surface area (Å²) < 4.78 is 11.2. The van der Waals surface area contributed by atoms with Crippen molar-refractivity contribution in [3.05, 3.63) is 11.3 Å². The second-order valence-corrected chi connectivity index (χ2v) is 7.17. The Morgan fingerprint density at radius 2 is 2.20 bits per heavy atom. The minimum atomic E-state index is -1.07. The highest BCUT2D eigenvalue weighted by molar-refractivity contribution is 8.00. The van der Waals surface area contributed by atoms with Gasteiger partial charge in [-0.05, 0) is 19.4 Å². The largest absolute Gasteiger partial charge is 0.477 e. The lowest BCUT2D eigenvalue weighted by atomic mass is 10.0. The highest BCUT2D eigenvalue weighted by atomic mass is 32.2. The van der Waals surface area contributed by atoms with E-state index in [0.29, 0.717) is 30.3 Å². The number of carbonyl (C=O) groups is 2. The molecule has 0 aromatic heterocycles. The predicted octanol–water partition coefficient (Wildman–Crippen LogP) is -0.0163. The average Bonchev–Trinajstić information content (AvgIpc) is 3.01. The van der Waals surface area contributed by atoms with Gasteiger partial charge >= 0.3 is 5.97 Å². The van der Waals surface area contributed by atoms with Crippen molar-refractivity contribution in [1.29, 1.82) is 0 Å². The summed E-state index contributed by atoms with van der Waals surface area (Å²) in [6, 6.07) is -0.487. The van der Waals surface area contributed by atoms with Crippen LogP contribution in [0.2, 0.25) is 0 Å². The molecule has 0 bridgehead atoms. The summed E-state index contributed by atoms with van der Waals surface area (Å²) in [5.41, 5.74) is 1.28. The number of ether oxygens (including phenoxy) is 2. The highest BCUT2D eigenvalue weighted by Crippen LogP contribution is 2.40. The van der Waals surface area contributed by atoms with Gasteiger partial charge in [-0.3, -0.25) is 15.0 Å². The summed E-state index contributed by atoms with van der Waals surface area (Å²) >= 11 is 1.54. The Balaban J connectivity index is 1.68. The van der Waals surface area contributed by atoms with Crippen LogP contribution in [0, 0.1) is 0 Å². The van der Waals surface area contributed by atoms with Crippen LogP contribution in [0.15, 0.2) is 16.4 Å². The molecule has 2 fully saturated rings. The minimum Gasteiger partial charge on any atom is -0.477 e. The van der Waals surface area contributed by atoms with Gasteiger partial charge in [-0.25, -0.2) is 4.79 Å². The SMILES string of the molecule is CO/N=C(/CNC1C(=O)N2C(C(=O)O)=C(C)CS[C@H]12)C1(C)OCCO1. The maximum absolute atomic E-state index is 12.4. The molecule has 9 nitrogen and oxygen atoms in total. The molecular weight excluding hydrogens is 350 g/mol. The zero-order valence-corrected chi connectivity index (χ0v) is 15.1. The van der Waals surface area contributed by atoms with Crippen LogP contribution in [-0.4, -0.2) is 77.4 Å². The van der Waals surface area contributed by atoms with Gasteiger partial charge in [-0.2, -0.15) is 0 Å². The number of hydrogen-bond donors (Lipinski definition) is 2. The lowest BCUT2D eigenvalue weighted by Crippen LogP contribution is -2.70. The number of nitrogens with one attached hydrogen (secondary N) is 1. The molecule has 2 N–H and O–H groups in total. The van der Waals surface area contributed by atoms with Crippen molar-refractivity contribution in [2.24, 2.45) is 5.16 Å². The zero-order valence-electron chi connectivity index (χ0n) is 14.3. The van der Waals surface area contributed by atoms with Gasteiger partial charge in [0.1, 0.15) is 29.9 Å². The summed E-state index contributed by atoms with van der Waals surface area (Å²) in [6.45, 7) is 4.63. The first-order valence-electron chi connectivity index (χ1n) is 7.88. The van der Waals surface area contributed by atoms with Crippen LogP contribution in [0.3, 0.4) is 0 Å². The van der Waals surface area contributed by atoms with Gasteiger partial charge in [0.25, 0.3) is 0 Å². The van der Waals surface area contributed by atoms with Crippen molar-refractivity contribution in [2.45, 2.75) is 31.1 Å². The molecule has 0 aliphatic carbocycles. The fourth-order valence-electron chi connectivity index (χ4n) is 3.10. The molecule has 1 amide bonds. The van der Waals surface area contributed by atoms with Crippen LogP contribution < -0.4 is 5.32 Å². The number of rotatable bonds is 6. The van der Waals surface area contributed by atoms with E-state index < -0.39 is 17.8 Å². The normalized spacial score (nSPS) is 28.7. The maximum atomic E-state index is 12.4. The number of aliphatic carboxylic acids is 1. The lowest BCUT2D eigenvalue weighted by Gasteiger charge is -2.49. The molecule has 3 heterocycles. The van der Waals surface area contributed by atoms with Gasteiger partial charge in [0, 0.05) is 12.3 Å². The number of carboxylic acid groups (broad SMARTS) is 1. The smallest absolute Gasteiger partial charge is 0.352 e. The van der Waals surface area contributed by atoms with Crippen molar-refractivity contribution < 1.29 is 29.0 Å². The third-order valence-electron chi connectivity index (χ3n) is 4.41. The molecule has 0 spiro atoms. The van der Waals surface area contributed by atoms with Crippen LogP contribution in [0.1, 0.15) is 13.8 Å². The van der Waals surface area contributed by atoms with E-state index >= 15 is 0 Å². The van der Waals surface area contributed by atoms with Gasteiger partial charge < -0.3 is 19.4 Å². The molecule has 2 saturated heterocycles. The lowest BCUT2D eigenvalue weighted by molar-refractivity contribution is -0.149. The number of fused-ring (bicyclic) bond motifs is 1. The van der Waals surface area contributed by atoms with Crippen molar-refractivity contribution in [3.8, 4) is 0 Å². The topological polar surface area (TPSA) is 110 Å². The summed E-state index contributed by atoms with van der Waals surface area (Å²) in [7, 11) is 1.43. The molecule has 138 valence electrons. The summed E-state index contributed by atoms with van der Waals surface area (Å²) in [6.07, 6.45) is 0.